The maximum atomic E-state index is 5.79. The zero-order chi connectivity index (χ0) is 19.9. The Labute approximate surface area is 191 Å². The number of hydrogen-bond donors (Lipinski definition) is 0. The molecule has 0 radical (unpaired) electrons. The molecule has 0 aromatic heterocycles. The van der Waals surface area contributed by atoms with Crippen molar-refractivity contribution in [3.8, 4) is 23.0 Å². The van der Waals surface area contributed by atoms with Crippen molar-refractivity contribution in [2.24, 2.45) is 0 Å². The van der Waals surface area contributed by atoms with Gasteiger partial charge in [-0.15, -0.1) is 24.8 Å². The summed E-state index contributed by atoms with van der Waals surface area (Å²) in [5.41, 5.74) is 2.33. The second-order valence-electron chi connectivity index (χ2n) is 6.70. The first-order valence-corrected chi connectivity index (χ1v) is 9.68. The van der Waals surface area contributed by atoms with Crippen LogP contribution in [0.5, 0.6) is 23.0 Å². The van der Waals surface area contributed by atoms with E-state index in [1.165, 1.54) is 5.69 Å². The van der Waals surface area contributed by atoms with Crippen LogP contribution in [0.4, 0.5) is 5.69 Å². The molecular weight excluding hydrogens is 427 g/mol. The summed E-state index contributed by atoms with van der Waals surface area (Å²) >= 11 is 0. The number of halogens is 2. The van der Waals surface area contributed by atoms with Gasteiger partial charge >= 0.3 is 0 Å². The Kier molecular flexibility index (Phi) is 10.9. The van der Waals surface area contributed by atoms with Crippen molar-refractivity contribution in [1.29, 1.82) is 0 Å². The van der Waals surface area contributed by atoms with Crippen molar-refractivity contribution in [2.45, 2.75) is 13.5 Å². The van der Waals surface area contributed by atoms with Crippen LogP contribution in [0, 0.1) is 0 Å². The first-order valence-electron chi connectivity index (χ1n) is 9.68. The van der Waals surface area contributed by atoms with Gasteiger partial charge in [-0.2, -0.15) is 0 Å². The molecule has 30 heavy (non-hydrogen) atoms. The highest BCUT2D eigenvalue weighted by Gasteiger charge is 2.21. The standard InChI is InChI=1S/C22H30N2O4.2ClH/c1-5-28-19-9-7-6-8-18(19)24-12-10-23(11-13-24)16-17-14-20(25-2)22(27-4)21(15-17)26-3;;/h6-9,14-15H,5,10-13,16H2,1-4H3;2*1H. The fourth-order valence-electron chi connectivity index (χ4n) is 3.63. The van der Waals surface area contributed by atoms with Crippen LogP contribution in [-0.2, 0) is 6.54 Å². The highest BCUT2D eigenvalue weighted by molar-refractivity contribution is 5.85. The molecule has 1 aliphatic heterocycles. The molecule has 168 valence electrons. The van der Waals surface area contributed by atoms with Gasteiger partial charge in [0.05, 0.1) is 33.6 Å². The number of nitrogens with zero attached hydrogens (tertiary/aromatic N) is 2. The summed E-state index contributed by atoms with van der Waals surface area (Å²) in [6.45, 7) is 7.44. The molecular formula is C22H32Cl2N2O4. The normalized spacial score (nSPS) is 13.7. The second kappa shape index (κ2) is 12.6. The Bertz CT molecular complexity index is 758. The van der Waals surface area contributed by atoms with Crippen molar-refractivity contribution >= 4 is 30.5 Å². The minimum Gasteiger partial charge on any atom is -0.493 e. The van der Waals surface area contributed by atoms with Crippen LogP contribution in [0.1, 0.15) is 12.5 Å². The van der Waals surface area contributed by atoms with Gasteiger partial charge in [0.25, 0.3) is 0 Å². The molecule has 8 heteroatoms. The van der Waals surface area contributed by atoms with E-state index in [2.05, 4.69) is 21.9 Å². The minimum atomic E-state index is 0. The minimum absolute atomic E-state index is 0. The Morgan fingerprint density at radius 2 is 1.40 bits per heavy atom. The molecule has 0 N–H and O–H groups in total. The molecule has 2 aromatic rings. The third-order valence-electron chi connectivity index (χ3n) is 5.01. The average molecular weight is 459 g/mol. The van der Waals surface area contributed by atoms with E-state index in [0.29, 0.717) is 23.9 Å². The van der Waals surface area contributed by atoms with Crippen LogP contribution in [0.3, 0.4) is 0 Å². The molecule has 0 atom stereocenters. The van der Waals surface area contributed by atoms with Gasteiger partial charge in [-0.3, -0.25) is 4.90 Å². The molecule has 1 heterocycles. The largest absolute Gasteiger partial charge is 0.493 e. The predicted octanol–water partition coefficient (Wildman–Crippen LogP) is 4.28. The Hall–Kier alpha value is -2.02. The van der Waals surface area contributed by atoms with Crippen LogP contribution in [0.25, 0.3) is 0 Å². The lowest BCUT2D eigenvalue weighted by Gasteiger charge is -2.36. The van der Waals surface area contributed by atoms with Gasteiger partial charge in [-0.25, -0.2) is 0 Å². The Morgan fingerprint density at radius 3 is 1.93 bits per heavy atom. The summed E-state index contributed by atoms with van der Waals surface area (Å²) in [5, 5.41) is 0. The zero-order valence-electron chi connectivity index (χ0n) is 18.1. The molecule has 1 fully saturated rings. The summed E-state index contributed by atoms with van der Waals surface area (Å²) in [6, 6.07) is 12.3. The fraction of sp³-hybridized carbons (Fsp3) is 0.455. The van der Waals surface area contributed by atoms with E-state index in [0.717, 1.165) is 44.0 Å². The van der Waals surface area contributed by atoms with Crippen LogP contribution < -0.4 is 23.8 Å². The van der Waals surface area contributed by atoms with Gasteiger partial charge in [0.2, 0.25) is 5.75 Å². The number of methoxy groups -OCH3 is 3. The molecule has 0 saturated carbocycles. The number of rotatable bonds is 8. The summed E-state index contributed by atoms with van der Waals surface area (Å²) < 4.78 is 22.2. The number of para-hydroxylation sites is 2. The van der Waals surface area contributed by atoms with Crippen LogP contribution >= 0.6 is 24.8 Å². The molecule has 0 aliphatic carbocycles. The van der Waals surface area contributed by atoms with E-state index in [-0.39, 0.29) is 24.8 Å². The smallest absolute Gasteiger partial charge is 0.203 e. The Balaban J connectivity index is 0.00000225. The Morgan fingerprint density at radius 1 is 0.800 bits per heavy atom. The molecule has 2 aromatic carbocycles. The highest BCUT2D eigenvalue weighted by Crippen LogP contribution is 2.38. The van der Waals surface area contributed by atoms with Gasteiger partial charge in [-0.05, 0) is 36.8 Å². The number of anilines is 1. The molecule has 1 aliphatic rings. The predicted molar refractivity (Wildman–Crippen MR) is 126 cm³/mol. The third kappa shape index (κ3) is 6.00. The zero-order valence-corrected chi connectivity index (χ0v) is 19.7. The molecule has 0 spiro atoms. The number of benzene rings is 2. The van der Waals surface area contributed by atoms with Crippen LogP contribution in [-0.4, -0.2) is 59.0 Å². The molecule has 3 rings (SSSR count). The van der Waals surface area contributed by atoms with E-state index in [9.17, 15) is 0 Å². The van der Waals surface area contributed by atoms with Crippen molar-refractivity contribution < 1.29 is 18.9 Å². The highest BCUT2D eigenvalue weighted by atomic mass is 35.5. The summed E-state index contributed by atoms with van der Waals surface area (Å²) in [6.07, 6.45) is 0. The number of ether oxygens (including phenoxy) is 4. The van der Waals surface area contributed by atoms with E-state index >= 15 is 0 Å². The fourth-order valence-corrected chi connectivity index (χ4v) is 3.63. The summed E-state index contributed by atoms with van der Waals surface area (Å²) in [5.74, 6) is 2.98. The first-order chi connectivity index (χ1) is 13.7. The average Bonchev–Trinajstić information content (AvgIpc) is 2.74. The van der Waals surface area contributed by atoms with Gasteiger partial charge < -0.3 is 23.8 Å². The summed E-state index contributed by atoms with van der Waals surface area (Å²) in [7, 11) is 4.92. The molecule has 1 saturated heterocycles. The molecule has 0 bridgehead atoms. The van der Waals surface area contributed by atoms with Crippen molar-refractivity contribution in [1.82, 2.24) is 4.90 Å². The van der Waals surface area contributed by atoms with Gasteiger partial charge in [0.1, 0.15) is 5.75 Å². The third-order valence-corrected chi connectivity index (χ3v) is 5.01. The lowest BCUT2D eigenvalue weighted by atomic mass is 10.1. The lowest BCUT2D eigenvalue weighted by Crippen LogP contribution is -2.46. The van der Waals surface area contributed by atoms with E-state index < -0.39 is 0 Å². The van der Waals surface area contributed by atoms with E-state index in [1.807, 2.05) is 31.2 Å². The maximum absolute atomic E-state index is 5.79. The number of hydrogen-bond acceptors (Lipinski definition) is 6. The molecule has 0 amide bonds. The van der Waals surface area contributed by atoms with Gasteiger partial charge in [0.15, 0.2) is 11.5 Å². The molecule has 0 unspecified atom stereocenters. The monoisotopic (exact) mass is 458 g/mol. The second-order valence-corrected chi connectivity index (χ2v) is 6.70. The molecule has 6 nitrogen and oxygen atoms in total. The topological polar surface area (TPSA) is 43.4 Å². The van der Waals surface area contributed by atoms with E-state index in [4.69, 9.17) is 18.9 Å². The van der Waals surface area contributed by atoms with Crippen LogP contribution in [0.15, 0.2) is 36.4 Å². The first kappa shape index (κ1) is 26.0. The van der Waals surface area contributed by atoms with Crippen LogP contribution in [0.2, 0.25) is 0 Å². The van der Waals surface area contributed by atoms with Crippen molar-refractivity contribution in [3.05, 3.63) is 42.0 Å². The van der Waals surface area contributed by atoms with Crippen molar-refractivity contribution in [2.75, 3.05) is 59.0 Å². The number of piperazine rings is 1. The summed E-state index contributed by atoms with van der Waals surface area (Å²) in [4.78, 5) is 4.84. The van der Waals surface area contributed by atoms with Crippen molar-refractivity contribution in [3.63, 3.8) is 0 Å². The van der Waals surface area contributed by atoms with Gasteiger partial charge in [-0.1, -0.05) is 12.1 Å². The SMILES string of the molecule is CCOc1ccccc1N1CCN(Cc2cc(OC)c(OC)c(OC)c2)CC1.Cl.Cl. The van der Waals surface area contributed by atoms with E-state index in [1.54, 1.807) is 21.3 Å². The van der Waals surface area contributed by atoms with Gasteiger partial charge in [0, 0.05) is 32.7 Å². The maximum Gasteiger partial charge on any atom is 0.203 e. The lowest BCUT2D eigenvalue weighted by molar-refractivity contribution is 0.247. The quantitative estimate of drug-likeness (QED) is 0.587.